The first-order valence-electron chi connectivity index (χ1n) is 10.6. The summed E-state index contributed by atoms with van der Waals surface area (Å²) in [6.07, 6.45) is -2.82. The van der Waals surface area contributed by atoms with Crippen LogP contribution >= 0.6 is 0 Å². The topological polar surface area (TPSA) is 64.1 Å². The molecule has 8 heteroatoms. The molecule has 2 aromatic carbocycles. The number of piperidine rings is 1. The molecule has 1 unspecified atom stereocenters. The molecule has 2 heterocycles. The van der Waals surface area contributed by atoms with Crippen LogP contribution in [0.1, 0.15) is 31.1 Å². The largest absolute Gasteiger partial charge is 0.507 e. The Balaban J connectivity index is 1.97. The molecule has 1 aliphatic rings. The van der Waals surface area contributed by atoms with Crippen molar-refractivity contribution in [1.29, 1.82) is 0 Å². The molecule has 0 radical (unpaired) electrons. The minimum Gasteiger partial charge on any atom is -0.507 e. The summed E-state index contributed by atoms with van der Waals surface area (Å²) >= 11 is 0. The molecule has 3 aromatic rings. The van der Waals surface area contributed by atoms with Crippen molar-refractivity contribution in [2.75, 3.05) is 20.2 Å². The van der Waals surface area contributed by atoms with E-state index in [0.717, 1.165) is 30.8 Å². The third kappa shape index (κ3) is 4.07. The molecule has 5 nitrogen and oxygen atoms in total. The van der Waals surface area contributed by atoms with E-state index >= 15 is 0 Å². The lowest BCUT2D eigenvalue weighted by atomic mass is 9.98. The number of aromatic hydroxyl groups is 1. The number of quaternary nitrogens is 1. The number of nitrogens with one attached hydrogen (secondary N) is 1. The number of methoxy groups -OCH3 is 1. The summed E-state index contributed by atoms with van der Waals surface area (Å²) in [6, 6.07) is 8.69. The number of hydrogen-bond acceptors (Lipinski definition) is 4. The van der Waals surface area contributed by atoms with Crippen LogP contribution in [0.2, 0.25) is 0 Å². The average Bonchev–Trinajstić information content (AvgIpc) is 2.75. The van der Waals surface area contributed by atoms with Gasteiger partial charge in [0.2, 0.25) is 11.2 Å². The van der Waals surface area contributed by atoms with E-state index in [-0.39, 0.29) is 40.1 Å². The van der Waals surface area contributed by atoms with Gasteiger partial charge in [-0.15, -0.1) is 0 Å². The maximum absolute atomic E-state index is 14.1. The van der Waals surface area contributed by atoms with Crippen molar-refractivity contribution in [2.45, 2.75) is 32.5 Å². The molecular formula is C24H25F3NO4+. The summed E-state index contributed by atoms with van der Waals surface area (Å²) in [5, 5.41) is 10.5. The van der Waals surface area contributed by atoms with Gasteiger partial charge in [-0.25, -0.2) is 0 Å². The van der Waals surface area contributed by atoms with E-state index in [1.54, 1.807) is 6.07 Å². The quantitative estimate of drug-likeness (QED) is 0.633. The zero-order valence-electron chi connectivity index (χ0n) is 17.9. The van der Waals surface area contributed by atoms with Gasteiger partial charge in [-0.2, -0.15) is 13.2 Å². The third-order valence-electron chi connectivity index (χ3n) is 6.06. The molecule has 1 saturated heterocycles. The van der Waals surface area contributed by atoms with Gasteiger partial charge in [0.05, 0.1) is 36.7 Å². The van der Waals surface area contributed by atoms with Gasteiger partial charge >= 0.3 is 6.18 Å². The maximum Gasteiger partial charge on any atom is 0.450 e. The highest BCUT2D eigenvalue weighted by Gasteiger charge is 2.40. The van der Waals surface area contributed by atoms with Crippen LogP contribution in [-0.2, 0) is 12.7 Å². The monoisotopic (exact) mass is 448 g/mol. The van der Waals surface area contributed by atoms with Crippen LogP contribution in [-0.4, -0.2) is 25.3 Å². The van der Waals surface area contributed by atoms with Gasteiger partial charge in [-0.1, -0.05) is 25.1 Å². The van der Waals surface area contributed by atoms with Crippen LogP contribution in [0.3, 0.4) is 0 Å². The van der Waals surface area contributed by atoms with Crippen molar-refractivity contribution in [3.8, 4) is 22.6 Å². The van der Waals surface area contributed by atoms with E-state index in [1.807, 2.05) is 0 Å². The molecule has 4 rings (SSSR count). The molecule has 1 fully saturated rings. The number of benzene rings is 2. The predicted molar refractivity (Wildman–Crippen MR) is 114 cm³/mol. The predicted octanol–water partition coefficient (Wildman–Crippen LogP) is 4.01. The smallest absolute Gasteiger partial charge is 0.450 e. The highest BCUT2D eigenvalue weighted by molar-refractivity contribution is 5.87. The molecule has 32 heavy (non-hydrogen) atoms. The van der Waals surface area contributed by atoms with Gasteiger partial charge in [0.15, 0.2) is 5.58 Å². The van der Waals surface area contributed by atoms with E-state index in [1.165, 1.54) is 37.4 Å². The third-order valence-corrected chi connectivity index (χ3v) is 6.06. The second-order valence-corrected chi connectivity index (χ2v) is 8.40. The van der Waals surface area contributed by atoms with Crippen molar-refractivity contribution in [2.24, 2.45) is 5.92 Å². The molecule has 2 atom stereocenters. The highest BCUT2D eigenvalue weighted by atomic mass is 19.4. The van der Waals surface area contributed by atoms with Gasteiger partial charge < -0.3 is 19.2 Å². The molecule has 0 amide bonds. The van der Waals surface area contributed by atoms with Crippen molar-refractivity contribution in [3.05, 3.63) is 57.9 Å². The lowest BCUT2D eigenvalue weighted by Crippen LogP contribution is -3.12. The van der Waals surface area contributed by atoms with E-state index in [4.69, 9.17) is 9.15 Å². The van der Waals surface area contributed by atoms with Crippen LogP contribution in [0.25, 0.3) is 22.1 Å². The molecule has 0 spiro atoms. The second kappa shape index (κ2) is 8.50. The molecular weight excluding hydrogens is 423 g/mol. The number of phenols is 1. The zero-order valence-corrected chi connectivity index (χ0v) is 17.9. The number of halogens is 3. The summed E-state index contributed by atoms with van der Waals surface area (Å²) in [7, 11) is 1.33. The number of fused-ring (bicyclic) bond motifs is 1. The van der Waals surface area contributed by atoms with E-state index < -0.39 is 22.9 Å². The summed E-state index contributed by atoms with van der Waals surface area (Å²) < 4.78 is 52.9. The second-order valence-electron chi connectivity index (χ2n) is 8.40. The molecule has 2 N–H and O–H groups in total. The fourth-order valence-corrected chi connectivity index (χ4v) is 4.58. The number of ether oxygens (including phenoxy) is 1. The Kier molecular flexibility index (Phi) is 5.90. The van der Waals surface area contributed by atoms with Crippen molar-refractivity contribution in [1.82, 2.24) is 0 Å². The number of rotatable bonds is 4. The van der Waals surface area contributed by atoms with Gasteiger partial charge in [0, 0.05) is 11.5 Å². The summed E-state index contributed by atoms with van der Waals surface area (Å²) in [5.41, 5.74) is -1.40. The molecule has 0 saturated carbocycles. The fourth-order valence-electron chi connectivity index (χ4n) is 4.58. The summed E-state index contributed by atoms with van der Waals surface area (Å²) in [4.78, 5) is 14.5. The first-order chi connectivity index (χ1) is 15.2. The van der Waals surface area contributed by atoms with Crippen LogP contribution < -0.4 is 15.1 Å². The average molecular weight is 448 g/mol. The molecule has 1 aliphatic heterocycles. The number of phenolic OH excluding ortho intramolecular Hbond substituents is 1. The first kappa shape index (κ1) is 22.2. The Bertz CT molecular complexity index is 1200. The summed E-state index contributed by atoms with van der Waals surface area (Å²) in [6.45, 7) is 4.09. The van der Waals surface area contributed by atoms with Crippen molar-refractivity contribution < 1.29 is 32.3 Å². The lowest BCUT2D eigenvalue weighted by Gasteiger charge is -2.28. The van der Waals surface area contributed by atoms with E-state index in [9.17, 15) is 23.1 Å². The molecule has 170 valence electrons. The fraction of sp³-hybridized carbons (Fsp3) is 0.375. The normalized spacial score (nSPS) is 19.3. The molecule has 0 bridgehead atoms. The van der Waals surface area contributed by atoms with Crippen molar-refractivity contribution >= 4 is 11.0 Å². The minimum atomic E-state index is -4.92. The summed E-state index contributed by atoms with van der Waals surface area (Å²) in [5.74, 6) is -0.959. The zero-order chi connectivity index (χ0) is 23.0. The Morgan fingerprint density at radius 1 is 1.22 bits per heavy atom. The van der Waals surface area contributed by atoms with Crippen LogP contribution in [0.15, 0.2) is 45.6 Å². The van der Waals surface area contributed by atoms with Crippen LogP contribution in [0, 0.1) is 5.92 Å². The Morgan fingerprint density at radius 3 is 2.66 bits per heavy atom. The van der Waals surface area contributed by atoms with Crippen LogP contribution in [0.4, 0.5) is 13.2 Å². The number of para-hydroxylation sites is 1. The Labute approximate surface area is 183 Å². The van der Waals surface area contributed by atoms with Gasteiger partial charge in [0.25, 0.3) is 0 Å². The molecule has 1 aromatic heterocycles. The number of alkyl halides is 3. The van der Waals surface area contributed by atoms with Crippen molar-refractivity contribution in [3.63, 3.8) is 0 Å². The Morgan fingerprint density at radius 2 is 1.97 bits per heavy atom. The first-order valence-corrected chi connectivity index (χ1v) is 10.6. The van der Waals surface area contributed by atoms with Gasteiger partial charge in [-0.3, -0.25) is 4.79 Å². The Hall–Kier alpha value is -3.00. The molecule has 0 aliphatic carbocycles. The van der Waals surface area contributed by atoms with Gasteiger partial charge in [0.1, 0.15) is 18.0 Å². The van der Waals surface area contributed by atoms with E-state index in [0.29, 0.717) is 5.92 Å². The minimum absolute atomic E-state index is 0.00285. The SMILES string of the molecule is COc1ccccc1-c1c(C(F)(F)F)oc2c(C[NH+]3CCC[C@@H](C)C3)c(O)ccc2c1=O. The number of hydrogen-bond donors (Lipinski definition) is 2. The lowest BCUT2D eigenvalue weighted by molar-refractivity contribution is -0.922. The number of likely N-dealkylation sites (tertiary alicyclic amines) is 1. The van der Waals surface area contributed by atoms with Gasteiger partial charge in [-0.05, 0) is 31.0 Å². The standard InChI is InChI=1S/C24H24F3NO4/c1-14-6-5-11-28(12-14)13-17-18(29)10-9-16-21(30)20(15-7-3-4-8-19(15)31-2)23(24(25,26)27)32-22(16)17/h3-4,7-10,14,29H,5-6,11-13H2,1-2H3/p+1/t14-/m1/s1. The van der Waals surface area contributed by atoms with Crippen LogP contribution in [0.5, 0.6) is 11.5 Å². The van der Waals surface area contributed by atoms with E-state index in [2.05, 4.69) is 6.92 Å². The highest BCUT2D eigenvalue weighted by Crippen LogP contribution is 2.41. The maximum atomic E-state index is 14.1.